The predicted molar refractivity (Wildman–Crippen MR) is 90.9 cm³/mol. The molecular formula is C19H32N2O2. The minimum Gasteiger partial charge on any atom is -0.343 e. The topological polar surface area (TPSA) is 40.6 Å². The fourth-order valence-corrected chi connectivity index (χ4v) is 4.72. The fraction of sp³-hybridized carbons (Fsp3) is 0.895. The second-order valence-electron chi connectivity index (χ2n) is 8.41. The van der Waals surface area contributed by atoms with Gasteiger partial charge in [-0.2, -0.15) is 0 Å². The number of carbonyl (C=O) groups excluding carboxylic acids is 2. The van der Waals surface area contributed by atoms with E-state index in [1.165, 1.54) is 19.3 Å². The molecule has 1 atom stereocenters. The highest BCUT2D eigenvalue weighted by Gasteiger charge is 2.50. The first-order valence-electron chi connectivity index (χ1n) is 9.56. The Kier molecular flexibility index (Phi) is 4.98. The van der Waals surface area contributed by atoms with Crippen LogP contribution in [0.4, 0.5) is 0 Å². The maximum atomic E-state index is 12.4. The highest BCUT2D eigenvalue weighted by Crippen LogP contribution is 2.53. The molecule has 1 aliphatic carbocycles. The Balaban J connectivity index is 1.55. The first-order chi connectivity index (χ1) is 11.0. The Bertz CT molecular complexity index is 450. The van der Waals surface area contributed by atoms with Crippen LogP contribution < -0.4 is 0 Å². The molecule has 0 bridgehead atoms. The second-order valence-corrected chi connectivity index (χ2v) is 8.41. The van der Waals surface area contributed by atoms with Gasteiger partial charge in [-0.3, -0.25) is 9.59 Å². The number of carbonyl (C=O) groups is 2. The first-order valence-corrected chi connectivity index (χ1v) is 9.56. The summed E-state index contributed by atoms with van der Waals surface area (Å²) >= 11 is 0. The third-order valence-corrected chi connectivity index (χ3v) is 6.26. The maximum Gasteiger partial charge on any atom is 0.222 e. The van der Waals surface area contributed by atoms with Crippen molar-refractivity contribution in [2.45, 2.75) is 65.2 Å². The summed E-state index contributed by atoms with van der Waals surface area (Å²) in [4.78, 5) is 28.9. The monoisotopic (exact) mass is 320 g/mol. The normalized spacial score (nSPS) is 26.1. The predicted octanol–water partition coefficient (Wildman–Crippen LogP) is 3.06. The Morgan fingerprint density at radius 2 is 1.74 bits per heavy atom. The molecule has 23 heavy (non-hydrogen) atoms. The van der Waals surface area contributed by atoms with Crippen LogP contribution in [0.25, 0.3) is 0 Å². The SMILES string of the molecule is CC(C)CC(=O)N1CC(CCC(=O)N2CCCC2)C2(CCC2)C1. The van der Waals surface area contributed by atoms with E-state index < -0.39 is 0 Å². The van der Waals surface area contributed by atoms with Crippen molar-refractivity contribution in [1.29, 1.82) is 0 Å². The van der Waals surface area contributed by atoms with Crippen molar-refractivity contribution in [2.75, 3.05) is 26.2 Å². The van der Waals surface area contributed by atoms with Crippen molar-refractivity contribution >= 4 is 11.8 Å². The van der Waals surface area contributed by atoms with Crippen molar-refractivity contribution in [1.82, 2.24) is 9.80 Å². The second kappa shape index (κ2) is 6.82. The molecule has 4 nitrogen and oxygen atoms in total. The third-order valence-electron chi connectivity index (χ3n) is 6.26. The zero-order chi connectivity index (χ0) is 16.4. The van der Waals surface area contributed by atoms with E-state index >= 15 is 0 Å². The van der Waals surface area contributed by atoms with Gasteiger partial charge in [0.25, 0.3) is 0 Å². The van der Waals surface area contributed by atoms with Crippen LogP contribution in [0, 0.1) is 17.3 Å². The standard InChI is InChI=1S/C19H32N2O2/c1-15(2)12-18(23)21-13-16(19(14-21)8-5-9-19)6-7-17(22)20-10-3-4-11-20/h15-16H,3-14H2,1-2H3. The molecule has 3 rings (SSSR count). The molecule has 2 aliphatic heterocycles. The van der Waals surface area contributed by atoms with Gasteiger partial charge >= 0.3 is 0 Å². The average Bonchev–Trinajstić information content (AvgIpc) is 3.10. The van der Waals surface area contributed by atoms with E-state index in [0.29, 0.717) is 41.9 Å². The molecule has 2 heterocycles. The third kappa shape index (κ3) is 3.56. The number of nitrogens with zero attached hydrogens (tertiary/aromatic N) is 2. The molecule has 3 fully saturated rings. The molecule has 4 heteroatoms. The van der Waals surface area contributed by atoms with E-state index in [1.54, 1.807) is 0 Å². The fourth-order valence-electron chi connectivity index (χ4n) is 4.72. The van der Waals surface area contributed by atoms with Gasteiger partial charge in [0.05, 0.1) is 0 Å². The van der Waals surface area contributed by atoms with Crippen molar-refractivity contribution in [2.24, 2.45) is 17.3 Å². The first kappa shape index (κ1) is 16.8. The lowest BCUT2D eigenvalue weighted by molar-refractivity contribution is -0.131. The number of rotatable bonds is 5. The van der Waals surface area contributed by atoms with E-state index in [9.17, 15) is 9.59 Å². The largest absolute Gasteiger partial charge is 0.343 e. The summed E-state index contributed by atoms with van der Waals surface area (Å²) in [5.41, 5.74) is 0.345. The molecule has 130 valence electrons. The molecule has 0 N–H and O–H groups in total. The van der Waals surface area contributed by atoms with Gasteiger partial charge in [-0.05, 0) is 49.4 Å². The highest BCUT2D eigenvalue weighted by atomic mass is 16.2. The van der Waals surface area contributed by atoms with Crippen LogP contribution in [0.3, 0.4) is 0 Å². The van der Waals surface area contributed by atoms with Gasteiger partial charge in [0.2, 0.25) is 11.8 Å². The zero-order valence-electron chi connectivity index (χ0n) is 14.9. The molecule has 0 aromatic rings. The lowest BCUT2D eigenvalue weighted by atomic mass is 9.62. The molecule has 2 amide bonds. The number of hydrogen-bond donors (Lipinski definition) is 0. The highest BCUT2D eigenvalue weighted by molar-refractivity contribution is 5.77. The lowest BCUT2D eigenvalue weighted by Gasteiger charge is -2.43. The Labute approximate surface area is 140 Å². The van der Waals surface area contributed by atoms with Crippen LogP contribution in [-0.2, 0) is 9.59 Å². The van der Waals surface area contributed by atoms with Crippen molar-refractivity contribution < 1.29 is 9.59 Å². The van der Waals surface area contributed by atoms with Gasteiger partial charge in [-0.1, -0.05) is 20.3 Å². The van der Waals surface area contributed by atoms with E-state index in [0.717, 1.165) is 45.4 Å². The van der Waals surface area contributed by atoms with Crippen molar-refractivity contribution in [3.05, 3.63) is 0 Å². The van der Waals surface area contributed by atoms with Crippen LogP contribution in [0.2, 0.25) is 0 Å². The molecule has 1 unspecified atom stereocenters. The summed E-state index contributed by atoms with van der Waals surface area (Å²) in [6.07, 6.45) is 8.44. The van der Waals surface area contributed by atoms with Gasteiger partial charge in [0, 0.05) is 39.0 Å². The lowest BCUT2D eigenvalue weighted by Crippen LogP contribution is -2.39. The number of hydrogen-bond acceptors (Lipinski definition) is 2. The van der Waals surface area contributed by atoms with E-state index in [1.807, 2.05) is 4.90 Å². The Morgan fingerprint density at radius 1 is 1.04 bits per heavy atom. The minimum absolute atomic E-state index is 0.319. The molecule has 0 aromatic carbocycles. The molecular weight excluding hydrogens is 288 g/mol. The molecule has 0 aromatic heterocycles. The molecule has 0 radical (unpaired) electrons. The van der Waals surface area contributed by atoms with Crippen LogP contribution in [-0.4, -0.2) is 47.8 Å². The number of likely N-dealkylation sites (tertiary alicyclic amines) is 2. The quantitative estimate of drug-likeness (QED) is 0.781. The summed E-state index contributed by atoms with van der Waals surface area (Å²) in [5, 5.41) is 0. The van der Waals surface area contributed by atoms with Crippen LogP contribution >= 0.6 is 0 Å². The van der Waals surface area contributed by atoms with Gasteiger partial charge in [-0.25, -0.2) is 0 Å². The summed E-state index contributed by atoms with van der Waals surface area (Å²) < 4.78 is 0. The smallest absolute Gasteiger partial charge is 0.222 e. The Morgan fingerprint density at radius 3 is 2.30 bits per heavy atom. The number of amides is 2. The molecule has 1 saturated carbocycles. The van der Waals surface area contributed by atoms with Crippen LogP contribution in [0.1, 0.15) is 65.2 Å². The summed E-state index contributed by atoms with van der Waals surface area (Å²) in [7, 11) is 0. The van der Waals surface area contributed by atoms with Crippen molar-refractivity contribution in [3.8, 4) is 0 Å². The van der Waals surface area contributed by atoms with E-state index in [-0.39, 0.29) is 0 Å². The van der Waals surface area contributed by atoms with Gasteiger partial charge < -0.3 is 9.80 Å². The van der Waals surface area contributed by atoms with E-state index in [4.69, 9.17) is 0 Å². The summed E-state index contributed by atoms with van der Waals surface area (Å²) in [6, 6.07) is 0. The molecule has 3 aliphatic rings. The molecule has 2 saturated heterocycles. The maximum absolute atomic E-state index is 12.4. The van der Waals surface area contributed by atoms with Crippen LogP contribution in [0.15, 0.2) is 0 Å². The van der Waals surface area contributed by atoms with Gasteiger partial charge in [0.1, 0.15) is 0 Å². The summed E-state index contributed by atoms with van der Waals surface area (Å²) in [5.74, 6) is 1.62. The van der Waals surface area contributed by atoms with Crippen molar-refractivity contribution in [3.63, 3.8) is 0 Å². The van der Waals surface area contributed by atoms with Gasteiger partial charge in [0.15, 0.2) is 0 Å². The average molecular weight is 320 g/mol. The molecule has 1 spiro atoms. The zero-order valence-corrected chi connectivity index (χ0v) is 14.9. The minimum atomic E-state index is 0.319. The van der Waals surface area contributed by atoms with Gasteiger partial charge in [-0.15, -0.1) is 0 Å². The van der Waals surface area contributed by atoms with E-state index in [2.05, 4.69) is 18.7 Å². The summed E-state index contributed by atoms with van der Waals surface area (Å²) in [6.45, 7) is 7.96. The Hall–Kier alpha value is -1.06. The van der Waals surface area contributed by atoms with Crippen LogP contribution in [0.5, 0.6) is 0 Å².